The molecular formula is C23H26F3N7O. The van der Waals surface area contributed by atoms with Crippen molar-refractivity contribution in [2.45, 2.75) is 42.9 Å². The minimum atomic E-state index is -4.62. The lowest BCUT2D eigenvalue weighted by Gasteiger charge is -2.47. The number of aryl methyl sites for hydroxylation is 1. The van der Waals surface area contributed by atoms with Crippen LogP contribution < -0.4 is 10.2 Å². The largest absolute Gasteiger partial charge is 0.451 e. The van der Waals surface area contributed by atoms with Gasteiger partial charge in [-0.25, -0.2) is 19.7 Å². The van der Waals surface area contributed by atoms with Gasteiger partial charge in [-0.15, -0.1) is 0 Å². The maximum atomic E-state index is 12.8. The minimum absolute atomic E-state index is 0.252. The fraction of sp³-hybridized carbons (Fsp3) is 0.478. The van der Waals surface area contributed by atoms with Gasteiger partial charge in [0.05, 0.1) is 46.7 Å². The number of alkyl halides is 3. The molecule has 1 spiro atoms. The molecule has 1 N–H and O–H groups in total. The molecule has 1 aliphatic carbocycles. The maximum Gasteiger partial charge on any atom is 0.451 e. The zero-order chi connectivity index (χ0) is 24.3. The second-order valence-electron chi connectivity index (χ2n) is 9.47. The van der Waals surface area contributed by atoms with Gasteiger partial charge in [-0.05, 0) is 51.9 Å². The predicted molar refractivity (Wildman–Crippen MR) is 120 cm³/mol. The zero-order valence-electron chi connectivity index (χ0n) is 19.2. The molecule has 1 aromatic carbocycles. The van der Waals surface area contributed by atoms with Crippen LogP contribution in [-0.2, 0) is 18.8 Å². The van der Waals surface area contributed by atoms with Crippen molar-refractivity contribution in [2.24, 2.45) is 7.05 Å². The van der Waals surface area contributed by atoms with Gasteiger partial charge < -0.3 is 9.88 Å². The molecular weight excluding hydrogens is 447 g/mol. The lowest BCUT2D eigenvalue weighted by Crippen LogP contribution is -2.54. The van der Waals surface area contributed by atoms with E-state index in [1.54, 1.807) is 0 Å². The van der Waals surface area contributed by atoms with Crippen LogP contribution in [0.4, 0.5) is 23.7 Å². The molecule has 1 saturated heterocycles. The van der Waals surface area contributed by atoms with Gasteiger partial charge in [-0.2, -0.15) is 13.2 Å². The molecule has 8 nitrogen and oxygen atoms in total. The number of aromatic nitrogens is 4. The Labute approximate surface area is 194 Å². The molecule has 3 aromatic rings. The summed E-state index contributed by atoms with van der Waals surface area (Å²) < 4.78 is 40.6. The molecule has 1 aliphatic heterocycles. The van der Waals surface area contributed by atoms with Crippen molar-refractivity contribution in [3.63, 3.8) is 0 Å². The number of nitrogens with one attached hydrogen (secondary N) is 1. The number of para-hydroxylation sites is 2. The van der Waals surface area contributed by atoms with Crippen molar-refractivity contribution < 1.29 is 18.0 Å². The van der Waals surface area contributed by atoms with Crippen LogP contribution in [-0.4, -0.2) is 56.6 Å². The van der Waals surface area contributed by atoms with Crippen molar-refractivity contribution in [1.82, 2.24) is 29.7 Å². The molecule has 180 valence electrons. The topological polar surface area (TPSA) is 79.2 Å². The van der Waals surface area contributed by atoms with Crippen LogP contribution in [0.15, 0.2) is 36.7 Å². The van der Waals surface area contributed by atoms with Crippen molar-refractivity contribution >= 4 is 22.8 Å². The number of carbonyl (C=O) groups excluding carboxylic acids is 1. The van der Waals surface area contributed by atoms with E-state index in [0.717, 1.165) is 42.1 Å². The van der Waals surface area contributed by atoms with E-state index >= 15 is 0 Å². The Morgan fingerprint density at radius 3 is 2.29 bits per heavy atom. The summed E-state index contributed by atoms with van der Waals surface area (Å²) >= 11 is 0. The smallest absolute Gasteiger partial charge is 0.330 e. The average Bonchev–Trinajstić information content (AvgIpc) is 3.31. The molecule has 0 radical (unpaired) electrons. The fourth-order valence-electron chi connectivity index (χ4n) is 5.38. The first-order chi connectivity index (χ1) is 16.0. The molecule has 0 atom stereocenters. The molecule has 34 heavy (non-hydrogen) atoms. The highest BCUT2D eigenvalue weighted by atomic mass is 19.4. The van der Waals surface area contributed by atoms with Gasteiger partial charge in [0.2, 0.25) is 5.82 Å². The van der Waals surface area contributed by atoms with Crippen LogP contribution in [0.25, 0.3) is 11.0 Å². The Bertz CT molecular complexity index is 1230. The van der Waals surface area contributed by atoms with Crippen LogP contribution in [0, 0.1) is 0 Å². The number of carbonyl (C=O) groups is 1. The summed E-state index contributed by atoms with van der Waals surface area (Å²) in [6, 6.07) is 7.70. The Kier molecular flexibility index (Phi) is 5.08. The van der Waals surface area contributed by atoms with Gasteiger partial charge in [-0.3, -0.25) is 9.80 Å². The molecule has 2 aliphatic rings. The third kappa shape index (κ3) is 3.49. The molecule has 11 heteroatoms. The summed E-state index contributed by atoms with van der Waals surface area (Å²) in [7, 11) is 6.14. The molecule has 5 rings (SSSR count). The number of hydrogen-bond donors (Lipinski definition) is 1. The van der Waals surface area contributed by atoms with E-state index in [1.807, 2.05) is 25.2 Å². The molecule has 0 unspecified atom stereocenters. The van der Waals surface area contributed by atoms with E-state index in [0.29, 0.717) is 19.4 Å². The molecule has 2 fully saturated rings. The second-order valence-corrected chi connectivity index (χ2v) is 9.47. The zero-order valence-corrected chi connectivity index (χ0v) is 19.2. The Hall–Kier alpha value is -3.21. The Balaban J connectivity index is 1.39. The third-order valence-corrected chi connectivity index (χ3v) is 7.38. The highest BCUT2D eigenvalue weighted by Gasteiger charge is 2.52. The monoisotopic (exact) mass is 473 g/mol. The summed E-state index contributed by atoms with van der Waals surface area (Å²) in [6.45, 7) is 0.354. The SMILES string of the molecule is CN(C)C1(c2nc3ccccc3n2C)CCC2(CC1)CN(c1cnc(C(F)(F)F)nc1)C(=O)N2. The number of rotatable bonds is 3. The highest BCUT2D eigenvalue weighted by Crippen LogP contribution is 2.46. The lowest BCUT2D eigenvalue weighted by atomic mass is 9.71. The van der Waals surface area contributed by atoms with Gasteiger partial charge >= 0.3 is 12.2 Å². The molecule has 1 saturated carbocycles. The number of halogens is 3. The van der Waals surface area contributed by atoms with E-state index in [2.05, 4.69) is 44.9 Å². The summed E-state index contributed by atoms with van der Waals surface area (Å²) in [6.07, 6.45) is 0.448. The number of amides is 2. The average molecular weight is 474 g/mol. The molecule has 0 bridgehead atoms. The van der Waals surface area contributed by atoms with E-state index in [4.69, 9.17) is 4.98 Å². The quantitative estimate of drug-likeness (QED) is 0.628. The van der Waals surface area contributed by atoms with Crippen molar-refractivity contribution in [1.29, 1.82) is 0 Å². The van der Waals surface area contributed by atoms with Crippen molar-refractivity contribution in [2.75, 3.05) is 25.5 Å². The maximum absolute atomic E-state index is 12.8. The van der Waals surface area contributed by atoms with E-state index in [-0.39, 0.29) is 17.3 Å². The summed E-state index contributed by atoms with van der Waals surface area (Å²) in [4.78, 5) is 28.2. The van der Waals surface area contributed by atoms with Gasteiger partial charge in [0, 0.05) is 7.05 Å². The summed E-state index contributed by atoms with van der Waals surface area (Å²) in [5, 5.41) is 3.10. The predicted octanol–water partition coefficient (Wildman–Crippen LogP) is 3.68. The Morgan fingerprint density at radius 2 is 1.71 bits per heavy atom. The number of nitrogens with zero attached hydrogens (tertiary/aromatic N) is 6. The normalized spacial score (nSPS) is 25.5. The standard InChI is InChI=1S/C23H26F3N7O/c1-31(2)22(19-29-16-6-4-5-7-17(16)32(19)3)10-8-21(9-11-22)14-33(20(34)30-21)15-12-27-18(28-13-15)23(24,25)26/h4-7,12-13H,8-11,14H2,1-3H3,(H,30,34). The van der Waals surface area contributed by atoms with E-state index in [9.17, 15) is 18.0 Å². The van der Waals surface area contributed by atoms with Crippen LogP contribution in [0.3, 0.4) is 0 Å². The first kappa shape index (κ1) is 22.6. The lowest BCUT2D eigenvalue weighted by molar-refractivity contribution is -0.144. The molecule has 3 heterocycles. The first-order valence-electron chi connectivity index (χ1n) is 11.1. The number of fused-ring (bicyclic) bond motifs is 1. The van der Waals surface area contributed by atoms with Crippen LogP contribution >= 0.6 is 0 Å². The number of hydrogen-bond acceptors (Lipinski definition) is 5. The highest BCUT2D eigenvalue weighted by molar-refractivity contribution is 5.95. The second kappa shape index (κ2) is 7.66. The number of urea groups is 1. The van der Waals surface area contributed by atoms with Gasteiger partial charge in [-0.1, -0.05) is 12.1 Å². The van der Waals surface area contributed by atoms with Gasteiger partial charge in [0.25, 0.3) is 0 Å². The van der Waals surface area contributed by atoms with Crippen LogP contribution in [0.1, 0.15) is 37.3 Å². The fourth-order valence-corrected chi connectivity index (χ4v) is 5.38. The number of benzene rings is 1. The summed E-state index contributed by atoms with van der Waals surface area (Å²) in [5.41, 5.74) is 1.51. The van der Waals surface area contributed by atoms with E-state index in [1.165, 1.54) is 4.90 Å². The third-order valence-electron chi connectivity index (χ3n) is 7.38. The van der Waals surface area contributed by atoms with Crippen LogP contribution in [0.2, 0.25) is 0 Å². The minimum Gasteiger partial charge on any atom is -0.330 e. The van der Waals surface area contributed by atoms with Crippen molar-refractivity contribution in [3.8, 4) is 0 Å². The molecule has 2 amide bonds. The Morgan fingerprint density at radius 1 is 1.06 bits per heavy atom. The molecule has 2 aromatic heterocycles. The summed E-state index contributed by atoms with van der Waals surface area (Å²) in [5.74, 6) is -0.229. The first-order valence-corrected chi connectivity index (χ1v) is 11.1. The van der Waals surface area contributed by atoms with Crippen LogP contribution in [0.5, 0.6) is 0 Å². The van der Waals surface area contributed by atoms with Gasteiger partial charge in [0.15, 0.2) is 0 Å². The van der Waals surface area contributed by atoms with E-state index < -0.39 is 17.5 Å². The van der Waals surface area contributed by atoms with Crippen molar-refractivity contribution in [3.05, 3.63) is 48.3 Å². The number of anilines is 1. The van der Waals surface area contributed by atoms with Gasteiger partial charge in [0.1, 0.15) is 5.82 Å². The number of imidazole rings is 1.